The van der Waals surface area contributed by atoms with E-state index in [1.807, 2.05) is 97.2 Å². The molecule has 1 fully saturated rings. The summed E-state index contributed by atoms with van der Waals surface area (Å²) in [6, 6.07) is 29.7. The molecule has 10 heteroatoms. The van der Waals surface area contributed by atoms with Gasteiger partial charge in [0.2, 0.25) is 0 Å². The van der Waals surface area contributed by atoms with Crippen molar-refractivity contribution >= 4 is 40.7 Å². The van der Waals surface area contributed by atoms with E-state index in [-0.39, 0.29) is 25.4 Å². The Balaban J connectivity index is 1.31. The minimum absolute atomic E-state index is 0.00398. The molecule has 1 amide bonds. The highest BCUT2D eigenvalue weighted by atomic mass is 35.6. The van der Waals surface area contributed by atoms with Gasteiger partial charge in [0, 0.05) is 49.9 Å². The molecule has 0 unspecified atom stereocenters. The van der Waals surface area contributed by atoms with E-state index in [4.69, 9.17) is 44.3 Å². The number of hydrogen-bond donors (Lipinski definition) is 2. The first-order valence-corrected chi connectivity index (χ1v) is 16.0. The number of pyridine rings is 1. The molecular formula is C35H36Cl3N3O4. The van der Waals surface area contributed by atoms with Crippen molar-refractivity contribution in [1.82, 2.24) is 15.2 Å². The van der Waals surface area contributed by atoms with Crippen molar-refractivity contribution in [1.29, 1.82) is 0 Å². The molecule has 0 radical (unpaired) electrons. The molecule has 7 nitrogen and oxygen atoms in total. The lowest BCUT2D eigenvalue weighted by molar-refractivity contribution is -0.252. The lowest BCUT2D eigenvalue weighted by Gasteiger charge is -2.38. The van der Waals surface area contributed by atoms with Gasteiger partial charge in [0.05, 0.1) is 18.8 Å². The van der Waals surface area contributed by atoms with Crippen LogP contribution < -0.4 is 5.32 Å². The normalized spacial score (nSPS) is 18.6. The highest BCUT2D eigenvalue weighted by molar-refractivity contribution is 6.76. The number of likely N-dealkylation sites (N-methyl/N-ethyl adjacent to an activating group) is 1. The number of halogens is 3. The molecule has 0 aliphatic carbocycles. The van der Waals surface area contributed by atoms with E-state index in [9.17, 15) is 9.90 Å². The molecule has 2 heterocycles. The van der Waals surface area contributed by atoms with Gasteiger partial charge in [-0.15, -0.1) is 0 Å². The number of aliphatic hydroxyl groups is 1. The standard InChI is InChI=1S/C35H36Cl3N3O4/c1-41(19-17-29-7-4-5-18-39-29)22-30-20-32(26-11-9-24(23-42)10-12-26)45-33(44-30)27-15-13-25(14-16-27)31-8-3-2-6-28(31)21-40-34(43)35(36,37)38/h2-16,18,30,32-33,42H,17,19-23H2,1H3,(H,40,43)/t30-,32+,33+/m1/s1. The van der Waals surface area contributed by atoms with Gasteiger partial charge in [-0.3, -0.25) is 9.78 Å². The Morgan fingerprint density at radius 3 is 2.36 bits per heavy atom. The van der Waals surface area contributed by atoms with Crippen LogP contribution in [0.2, 0.25) is 0 Å². The highest BCUT2D eigenvalue weighted by Crippen LogP contribution is 2.39. The third kappa shape index (κ3) is 9.27. The molecule has 0 spiro atoms. The maximum absolute atomic E-state index is 12.1. The Bertz CT molecular complexity index is 1530. The molecule has 0 bridgehead atoms. The number of aliphatic hydroxyl groups excluding tert-OH is 1. The summed E-state index contributed by atoms with van der Waals surface area (Å²) in [5.41, 5.74) is 6.67. The second kappa shape index (κ2) is 15.5. The molecule has 236 valence electrons. The molecule has 4 aromatic rings. The molecule has 1 aliphatic heterocycles. The van der Waals surface area contributed by atoms with E-state index >= 15 is 0 Å². The summed E-state index contributed by atoms with van der Waals surface area (Å²) in [4.78, 5) is 18.8. The number of nitrogens with one attached hydrogen (secondary N) is 1. The molecule has 5 rings (SSSR count). The number of amides is 1. The van der Waals surface area contributed by atoms with Crippen LogP contribution in [0, 0.1) is 0 Å². The molecule has 1 saturated heterocycles. The summed E-state index contributed by atoms with van der Waals surface area (Å²) < 4.78 is 11.1. The molecule has 2 N–H and O–H groups in total. The molecule has 1 aromatic heterocycles. The quantitative estimate of drug-likeness (QED) is 0.169. The number of alkyl halides is 3. The number of carbonyl (C=O) groups is 1. The summed E-state index contributed by atoms with van der Waals surface area (Å²) in [6.45, 7) is 1.81. The number of aromatic nitrogens is 1. The predicted octanol–water partition coefficient (Wildman–Crippen LogP) is 6.95. The average molecular weight is 669 g/mol. The highest BCUT2D eigenvalue weighted by Gasteiger charge is 2.33. The van der Waals surface area contributed by atoms with Crippen LogP contribution in [-0.4, -0.2) is 50.9 Å². The summed E-state index contributed by atoms with van der Waals surface area (Å²) in [5, 5.41) is 12.2. The number of hydrogen-bond acceptors (Lipinski definition) is 6. The fourth-order valence-electron chi connectivity index (χ4n) is 5.37. The smallest absolute Gasteiger partial charge is 0.272 e. The van der Waals surface area contributed by atoms with Gasteiger partial charge in [0.25, 0.3) is 9.70 Å². The lowest BCUT2D eigenvalue weighted by Crippen LogP contribution is -2.38. The van der Waals surface area contributed by atoms with Crippen molar-refractivity contribution in [2.75, 3.05) is 20.1 Å². The van der Waals surface area contributed by atoms with Gasteiger partial charge < -0.3 is 24.8 Å². The van der Waals surface area contributed by atoms with Gasteiger partial charge >= 0.3 is 0 Å². The zero-order chi connectivity index (χ0) is 31.8. The first kappa shape index (κ1) is 33.4. The molecule has 1 aliphatic rings. The number of rotatable bonds is 11. The first-order valence-electron chi connectivity index (χ1n) is 14.8. The van der Waals surface area contributed by atoms with Gasteiger partial charge in [-0.05, 0) is 47.0 Å². The van der Waals surface area contributed by atoms with Crippen LogP contribution in [0.1, 0.15) is 46.8 Å². The fourth-order valence-corrected chi connectivity index (χ4v) is 5.58. The van der Waals surface area contributed by atoms with Crippen molar-refractivity contribution in [2.45, 2.75) is 48.3 Å². The minimum Gasteiger partial charge on any atom is -0.392 e. The largest absolute Gasteiger partial charge is 0.392 e. The summed E-state index contributed by atoms with van der Waals surface area (Å²) in [7, 11) is 2.10. The molecular weight excluding hydrogens is 633 g/mol. The van der Waals surface area contributed by atoms with E-state index in [1.165, 1.54) is 0 Å². The van der Waals surface area contributed by atoms with E-state index in [0.29, 0.717) is 6.42 Å². The van der Waals surface area contributed by atoms with Crippen LogP contribution in [0.25, 0.3) is 11.1 Å². The maximum atomic E-state index is 12.1. The third-order valence-corrected chi connectivity index (χ3v) is 8.33. The average Bonchev–Trinajstić information content (AvgIpc) is 3.06. The Labute approximate surface area is 279 Å². The summed E-state index contributed by atoms with van der Waals surface area (Å²) in [6.07, 6.45) is 2.57. The minimum atomic E-state index is -2.03. The van der Waals surface area contributed by atoms with Crippen molar-refractivity contribution in [3.05, 3.63) is 125 Å². The zero-order valence-corrected chi connectivity index (χ0v) is 27.2. The topological polar surface area (TPSA) is 83.9 Å². The van der Waals surface area contributed by atoms with Crippen LogP contribution in [0.3, 0.4) is 0 Å². The second-order valence-electron chi connectivity index (χ2n) is 11.1. The van der Waals surface area contributed by atoms with Crippen LogP contribution >= 0.6 is 34.8 Å². The van der Waals surface area contributed by atoms with Crippen LogP contribution in [0.15, 0.2) is 97.2 Å². The maximum Gasteiger partial charge on any atom is 0.272 e. The van der Waals surface area contributed by atoms with Crippen LogP contribution in [0.4, 0.5) is 0 Å². The monoisotopic (exact) mass is 667 g/mol. The fraction of sp³-hybridized carbons (Fsp3) is 0.314. The van der Waals surface area contributed by atoms with Crippen molar-refractivity contribution in [2.24, 2.45) is 0 Å². The number of benzene rings is 3. The number of nitrogens with zero attached hydrogens (tertiary/aromatic N) is 2. The third-order valence-electron chi connectivity index (χ3n) is 7.81. The SMILES string of the molecule is CN(CCc1ccccn1)C[C@H]1C[C@@H](c2ccc(CO)cc2)O[C@@H](c2ccc(-c3ccccc3CNC(=O)C(Cl)(Cl)Cl)cc2)O1. The summed E-state index contributed by atoms with van der Waals surface area (Å²) in [5.74, 6) is -0.679. The van der Waals surface area contributed by atoms with Crippen LogP contribution in [0.5, 0.6) is 0 Å². The Kier molecular flexibility index (Phi) is 11.5. The predicted molar refractivity (Wildman–Crippen MR) is 178 cm³/mol. The second-order valence-corrected chi connectivity index (χ2v) is 13.4. The molecule has 3 aromatic carbocycles. The number of ether oxygens (including phenoxy) is 2. The van der Waals surface area contributed by atoms with Gasteiger partial charge in [-0.1, -0.05) is 114 Å². The first-order chi connectivity index (χ1) is 21.7. The lowest BCUT2D eigenvalue weighted by atomic mass is 9.97. The van der Waals surface area contributed by atoms with Gasteiger partial charge in [0.1, 0.15) is 0 Å². The van der Waals surface area contributed by atoms with Crippen molar-refractivity contribution in [3.8, 4) is 11.1 Å². The Morgan fingerprint density at radius 2 is 1.67 bits per heavy atom. The van der Waals surface area contributed by atoms with Gasteiger partial charge in [-0.2, -0.15) is 0 Å². The van der Waals surface area contributed by atoms with E-state index < -0.39 is 16.0 Å². The molecule has 3 atom stereocenters. The Morgan fingerprint density at radius 1 is 0.956 bits per heavy atom. The zero-order valence-electron chi connectivity index (χ0n) is 24.9. The van der Waals surface area contributed by atoms with Crippen LogP contribution in [-0.2, 0) is 33.8 Å². The summed E-state index contributed by atoms with van der Waals surface area (Å²) >= 11 is 17.2. The van der Waals surface area contributed by atoms with Gasteiger partial charge in [0.15, 0.2) is 6.29 Å². The van der Waals surface area contributed by atoms with Crippen molar-refractivity contribution in [3.63, 3.8) is 0 Å². The Hall–Kier alpha value is -3.01. The van der Waals surface area contributed by atoms with E-state index in [0.717, 1.165) is 58.6 Å². The van der Waals surface area contributed by atoms with E-state index in [1.54, 1.807) is 0 Å². The van der Waals surface area contributed by atoms with E-state index in [2.05, 4.69) is 22.2 Å². The van der Waals surface area contributed by atoms with Crippen molar-refractivity contribution < 1.29 is 19.4 Å². The molecule has 0 saturated carbocycles. The van der Waals surface area contributed by atoms with Gasteiger partial charge in [-0.25, -0.2) is 0 Å². The number of carbonyl (C=O) groups excluding carboxylic acids is 1. The molecule has 45 heavy (non-hydrogen) atoms.